The Balaban J connectivity index is 0.00000200. The van der Waals surface area contributed by atoms with E-state index in [-0.39, 0.29) is 69.2 Å². The monoisotopic (exact) mass is 336 g/mol. The summed E-state index contributed by atoms with van der Waals surface area (Å²) in [4.78, 5) is 11.6. The molecule has 0 fully saturated rings. The van der Waals surface area contributed by atoms with Crippen LogP contribution in [0.1, 0.15) is 17.3 Å². The summed E-state index contributed by atoms with van der Waals surface area (Å²) in [6, 6.07) is 12.1. The number of ketones is 1. The Morgan fingerprint density at radius 3 is 2.20 bits per heavy atom. The number of carbonyl (C=O) groups is 1. The first-order valence-corrected chi connectivity index (χ1v) is 7.08. The second kappa shape index (κ2) is 7.28. The summed E-state index contributed by atoms with van der Waals surface area (Å²) in [6.45, 7) is 0. The van der Waals surface area contributed by atoms with Gasteiger partial charge in [-0.15, -0.1) is 0 Å². The van der Waals surface area contributed by atoms with Gasteiger partial charge in [0, 0.05) is 11.1 Å². The third-order valence-corrected chi connectivity index (χ3v) is 3.84. The first-order chi connectivity index (χ1) is 8.89. The van der Waals surface area contributed by atoms with E-state index in [0.717, 1.165) is 6.07 Å². The fourth-order valence-electron chi connectivity index (χ4n) is 1.60. The molecule has 2 aromatic carbocycles. The third-order valence-electron chi connectivity index (χ3n) is 2.51. The van der Waals surface area contributed by atoms with Gasteiger partial charge in [-0.05, 0) is 18.2 Å². The summed E-state index contributed by atoms with van der Waals surface area (Å²) in [7, 11) is -4.46. The molecule has 0 atom stereocenters. The Bertz CT molecular complexity index is 735. The molecule has 0 heterocycles. The molecule has 0 spiro atoms. The summed E-state index contributed by atoms with van der Waals surface area (Å²) >= 11 is 5.68. The van der Waals surface area contributed by atoms with Gasteiger partial charge in [0.1, 0.15) is 4.90 Å². The molecule has 0 saturated carbocycles. The van der Waals surface area contributed by atoms with Gasteiger partial charge < -0.3 is 1.43 Å². The molecule has 0 amide bonds. The van der Waals surface area contributed by atoms with Crippen molar-refractivity contribution in [3.8, 4) is 0 Å². The number of halogens is 1. The van der Waals surface area contributed by atoms with E-state index < -0.39 is 15.0 Å². The topological polar surface area (TPSA) is 71.4 Å². The molecule has 4 nitrogen and oxygen atoms in total. The second-order valence-corrected chi connectivity index (χ2v) is 5.61. The third kappa shape index (κ3) is 4.22. The van der Waals surface area contributed by atoms with Gasteiger partial charge in [-0.25, -0.2) is 0 Å². The minimum Gasteiger partial charge on any atom is -1.00 e. The van der Waals surface area contributed by atoms with Crippen molar-refractivity contribution < 1.29 is 70.6 Å². The Morgan fingerprint density at radius 1 is 1.05 bits per heavy atom. The van der Waals surface area contributed by atoms with Crippen molar-refractivity contribution >= 4 is 27.5 Å². The molecule has 0 aliphatic heterocycles. The van der Waals surface area contributed by atoms with Crippen molar-refractivity contribution in [3.05, 3.63) is 64.7 Å². The van der Waals surface area contributed by atoms with Crippen LogP contribution in [0.4, 0.5) is 0 Å². The summed E-state index contributed by atoms with van der Waals surface area (Å²) < 4.78 is 31.3. The van der Waals surface area contributed by atoms with Gasteiger partial charge >= 0.3 is 51.4 Å². The first-order valence-electron chi connectivity index (χ1n) is 5.26. The van der Waals surface area contributed by atoms with Crippen molar-refractivity contribution in [2.75, 3.05) is 0 Å². The first kappa shape index (κ1) is 18.0. The van der Waals surface area contributed by atoms with E-state index in [1.54, 1.807) is 30.3 Å². The zero-order chi connectivity index (χ0) is 14.0. The van der Waals surface area contributed by atoms with Gasteiger partial charge in [0.05, 0.1) is 5.02 Å². The fourth-order valence-corrected chi connectivity index (χ4v) is 2.60. The standard InChI is InChI=1S/C13H9ClO4S.K.H/c14-11-7-6-10(8-12(11)19(16,17)18)13(15)9-4-2-1-3-5-9;;/h1-8H,(H,16,17,18);;/q;+1;-1. The Kier molecular flexibility index (Phi) is 6.55. The molecule has 0 unspecified atom stereocenters. The molecular formula is C13H10ClKO4S. The average molecular weight is 337 g/mol. The van der Waals surface area contributed by atoms with Crippen LogP contribution in [0.15, 0.2) is 53.4 Å². The predicted octanol–water partition coefficient (Wildman–Crippen LogP) is -0.0658. The number of rotatable bonds is 3. The molecule has 0 aliphatic carbocycles. The quantitative estimate of drug-likeness (QED) is 0.484. The average Bonchev–Trinajstić information content (AvgIpc) is 2.38. The van der Waals surface area contributed by atoms with Crippen molar-refractivity contribution in [2.24, 2.45) is 0 Å². The normalized spacial score (nSPS) is 10.7. The van der Waals surface area contributed by atoms with Gasteiger partial charge in [-0.2, -0.15) is 8.42 Å². The van der Waals surface area contributed by atoms with Crippen LogP contribution in [0.3, 0.4) is 0 Å². The van der Waals surface area contributed by atoms with Crippen molar-refractivity contribution in [1.82, 2.24) is 0 Å². The maximum atomic E-state index is 12.1. The van der Waals surface area contributed by atoms with Crippen LogP contribution in [0.2, 0.25) is 5.02 Å². The van der Waals surface area contributed by atoms with E-state index in [2.05, 4.69) is 0 Å². The van der Waals surface area contributed by atoms with Gasteiger partial charge in [-0.3, -0.25) is 9.35 Å². The number of benzene rings is 2. The van der Waals surface area contributed by atoms with Crippen LogP contribution in [0, 0.1) is 0 Å². The zero-order valence-corrected chi connectivity index (χ0v) is 15.3. The van der Waals surface area contributed by atoms with Gasteiger partial charge in [-0.1, -0.05) is 41.9 Å². The summed E-state index contributed by atoms with van der Waals surface area (Å²) in [6.07, 6.45) is 0. The summed E-state index contributed by atoms with van der Waals surface area (Å²) in [5.74, 6) is -0.345. The van der Waals surface area contributed by atoms with Crippen LogP contribution >= 0.6 is 11.6 Å². The molecule has 0 bridgehead atoms. The smallest absolute Gasteiger partial charge is 1.00 e. The second-order valence-electron chi connectivity index (χ2n) is 3.82. The van der Waals surface area contributed by atoms with E-state index in [1.807, 2.05) is 0 Å². The summed E-state index contributed by atoms with van der Waals surface area (Å²) in [5, 5.41) is -0.132. The van der Waals surface area contributed by atoms with E-state index in [9.17, 15) is 13.2 Å². The number of carbonyl (C=O) groups excluding carboxylic acids is 1. The molecule has 0 aliphatic rings. The predicted molar refractivity (Wildman–Crippen MR) is 72.3 cm³/mol. The van der Waals surface area contributed by atoms with E-state index in [4.69, 9.17) is 16.2 Å². The minimum absolute atomic E-state index is 0. The molecule has 1 N–H and O–H groups in total. The van der Waals surface area contributed by atoms with Crippen LogP contribution in [0.5, 0.6) is 0 Å². The van der Waals surface area contributed by atoms with Crippen LogP contribution in [-0.2, 0) is 10.1 Å². The maximum Gasteiger partial charge on any atom is 1.00 e. The Labute approximate surface area is 165 Å². The molecule has 20 heavy (non-hydrogen) atoms. The van der Waals surface area contributed by atoms with Gasteiger partial charge in [0.25, 0.3) is 10.1 Å². The largest absolute Gasteiger partial charge is 1.00 e. The molecule has 0 aromatic heterocycles. The van der Waals surface area contributed by atoms with Crippen LogP contribution in [-0.4, -0.2) is 18.8 Å². The molecule has 0 radical (unpaired) electrons. The Hall–Kier alpha value is -0.0536. The minimum atomic E-state index is -4.46. The van der Waals surface area contributed by atoms with Crippen molar-refractivity contribution in [1.29, 1.82) is 0 Å². The van der Waals surface area contributed by atoms with E-state index in [0.29, 0.717) is 5.56 Å². The van der Waals surface area contributed by atoms with Crippen molar-refractivity contribution in [2.45, 2.75) is 4.90 Å². The zero-order valence-electron chi connectivity index (χ0n) is 11.6. The number of hydrogen-bond donors (Lipinski definition) is 1. The van der Waals surface area contributed by atoms with E-state index in [1.165, 1.54) is 12.1 Å². The molecule has 100 valence electrons. The molecule has 0 saturated heterocycles. The SMILES string of the molecule is O=C(c1ccccc1)c1ccc(Cl)c(S(=O)(=O)O)c1.[H-].[K+]. The summed E-state index contributed by atoms with van der Waals surface area (Å²) in [5.41, 5.74) is 0.564. The fraction of sp³-hybridized carbons (Fsp3) is 0. The molecule has 7 heteroatoms. The number of hydrogen-bond acceptors (Lipinski definition) is 3. The van der Waals surface area contributed by atoms with E-state index >= 15 is 0 Å². The Morgan fingerprint density at radius 2 is 1.65 bits per heavy atom. The molecular weight excluding hydrogens is 327 g/mol. The molecule has 2 rings (SSSR count). The molecule has 2 aromatic rings. The van der Waals surface area contributed by atoms with Crippen LogP contribution < -0.4 is 51.4 Å². The van der Waals surface area contributed by atoms with Crippen molar-refractivity contribution in [3.63, 3.8) is 0 Å². The van der Waals surface area contributed by atoms with Crippen LogP contribution in [0.25, 0.3) is 0 Å². The van der Waals surface area contributed by atoms with Gasteiger partial charge in [0.15, 0.2) is 5.78 Å². The van der Waals surface area contributed by atoms with Gasteiger partial charge in [0.2, 0.25) is 0 Å². The maximum absolute atomic E-state index is 12.1.